The molecule has 0 saturated heterocycles. The maximum Gasteiger partial charge on any atom is 0.271 e. The molecule has 0 aliphatic carbocycles. The van der Waals surface area contributed by atoms with Gasteiger partial charge < -0.3 is 4.57 Å². The summed E-state index contributed by atoms with van der Waals surface area (Å²) in [6.07, 6.45) is 6.53. The Morgan fingerprint density at radius 3 is 2.88 bits per heavy atom. The molecule has 3 rings (SSSR count). The number of allylic oxidation sites excluding steroid dienone is 1. The number of nitro groups is 1. The average Bonchev–Trinajstić information content (AvgIpc) is 3.26. The molecule has 7 nitrogen and oxygen atoms in total. The van der Waals surface area contributed by atoms with Crippen LogP contribution in [0.3, 0.4) is 0 Å². The van der Waals surface area contributed by atoms with Gasteiger partial charge in [0.05, 0.1) is 21.3 Å². The van der Waals surface area contributed by atoms with Crippen LogP contribution < -0.4 is 0 Å². The Labute approximate surface area is 157 Å². The summed E-state index contributed by atoms with van der Waals surface area (Å²) in [6.45, 7) is 2.50. The van der Waals surface area contributed by atoms with Crippen molar-refractivity contribution in [2.75, 3.05) is 0 Å². The number of hydrogen-bond acceptors (Lipinski definition) is 4. The fourth-order valence-corrected chi connectivity index (χ4v) is 3.10. The molecule has 0 aliphatic heterocycles. The first kappa shape index (κ1) is 17.8. The Kier molecular flexibility index (Phi) is 5.13. The topological polar surface area (TPSA) is 83.0 Å². The van der Waals surface area contributed by atoms with Crippen LogP contribution in [0.15, 0.2) is 59.3 Å². The zero-order valence-corrected chi connectivity index (χ0v) is 15.5. The highest BCUT2D eigenvalue weighted by Gasteiger charge is 2.14. The number of halogens is 1. The van der Waals surface area contributed by atoms with E-state index < -0.39 is 4.92 Å². The Bertz CT molecular complexity index is 1000. The molecule has 0 fully saturated rings. The molecule has 0 saturated carbocycles. The average molecular weight is 415 g/mol. The van der Waals surface area contributed by atoms with Crippen molar-refractivity contribution in [3.05, 3.63) is 80.8 Å². The molecule has 132 valence electrons. The smallest absolute Gasteiger partial charge is 0.271 e. The highest BCUT2D eigenvalue weighted by molar-refractivity contribution is 9.10. The minimum Gasteiger partial charge on any atom is -0.317 e. The summed E-state index contributed by atoms with van der Waals surface area (Å²) in [5.74, 6) is -0.178. The summed E-state index contributed by atoms with van der Waals surface area (Å²) in [5, 5.41) is 15.1. The van der Waals surface area contributed by atoms with Gasteiger partial charge in [0.15, 0.2) is 0 Å². The van der Waals surface area contributed by atoms with Gasteiger partial charge in [-0.15, -0.1) is 0 Å². The van der Waals surface area contributed by atoms with Crippen LogP contribution in [0.4, 0.5) is 5.69 Å². The molecule has 0 aliphatic rings. The van der Waals surface area contributed by atoms with Gasteiger partial charge >= 0.3 is 0 Å². The summed E-state index contributed by atoms with van der Waals surface area (Å²) in [5.41, 5.74) is 1.88. The monoisotopic (exact) mass is 414 g/mol. The molecule has 0 amide bonds. The predicted octanol–water partition coefficient (Wildman–Crippen LogP) is 4.26. The molecule has 26 heavy (non-hydrogen) atoms. The highest BCUT2D eigenvalue weighted by atomic mass is 79.9. The molecule has 2 aromatic heterocycles. The van der Waals surface area contributed by atoms with Crippen LogP contribution in [0.2, 0.25) is 0 Å². The first-order chi connectivity index (χ1) is 12.5. The summed E-state index contributed by atoms with van der Waals surface area (Å²) in [4.78, 5) is 23.1. The van der Waals surface area contributed by atoms with Crippen LogP contribution in [-0.4, -0.2) is 25.1 Å². The molecule has 0 spiro atoms. The van der Waals surface area contributed by atoms with E-state index in [0.717, 1.165) is 5.69 Å². The minimum absolute atomic E-state index is 0.0120. The Hall–Kier alpha value is -3.00. The zero-order valence-electron chi connectivity index (χ0n) is 13.9. The van der Waals surface area contributed by atoms with Crippen molar-refractivity contribution in [2.45, 2.75) is 13.5 Å². The molecular formula is C18H15BrN4O3. The minimum atomic E-state index is -0.435. The lowest BCUT2D eigenvalue weighted by molar-refractivity contribution is -0.384. The van der Waals surface area contributed by atoms with Gasteiger partial charge in [0, 0.05) is 30.6 Å². The molecule has 3 aromatic rings. The van der Waals surface area contributed by atoms with Crippen molar-refractivity contribution >= 4 is 33.5 Å². The quantitative estimate of drug-likeness (QED) is 0.261. The maximum atomic E-state index is 12.5. The van der Waals surface area contributed by atoms with E-state index >= 15 is 0 Å². The van der Waals surface area contributed by atoms with Crippen LogP contribution in [0.5, 0.6) is 0 Å². The van der Waals surface area contributed by atoms with Crippen LogP contribution in [0.25, 0.3) is 11.8 Å². The van der Waals surface area contributed by atoms with Crippen molar-refractivity contribution in [3.8, 4) is 5.69 Å². The van der Waals surface area contributed by atoms with E-state index in [2.05, 4.69) is 21.0 Å². The van der Waals surface area contributed by atoms with Gasteiger partial charge in [-0.1, -0.05) is 6.07 Å². The highest BCUT2D eigenvalue weighted by Crippen LogP contribution is 2.21. The van der Waals surface area contributed by atoms with E-state index in [1.165, 1.54) is 18.2 Å². The number of nitro benzene ring substituents is 1. The van der Waals surface area contributed by atoms with Gasteiger partial charge in [0.2, 0.25) is 5.78 Å². The third kappa shape index (κ3) is 3.50. The summed E-state index contributed by atoms with van der Waals surface area (Å²) in [7, 11) is 0. The molecule has 8 heteroatoms. The Morgan fingerprint density at radius 1 is 1.35 bits per heavy atom. The number of ketones is 1. The number of aryl methyl sites for hydroxylation is 1. The van der Waals surface area contributed by atoms with Gasteiger partial charge in [-0.2, -0.15) is 5.10 Å². The number of hydrogen-bond donors (Lipinski definition) is 0. The van der Waals surface area contributed by atoms with E-state index in [1.54, 1.807) is 39.9 Å². The van der Waals surface area contributed by atoms with Crippen molar-refractivity contribution in [1.82, 2.24) is 14.3 Å². The van der Waals surface area contributed by atoms with Crippen molar-refractivity contribution in [2.24, 2.45) is 0 Å². The van der Waals surface area contributed by atoms with Crippen LogP contribution in [0, 0.1) is 10.1 Å². The lowest BCUT2D eigenvalue weighted by atomic mass is 10.2. The third-order valence-corrected chi connectivity index (χ3v) is 4.41. The number of nitrogens with zero attached hydrogens (tertiary/aromatic N) is 4. The molecule has 0 unspecified atom stereocenters. The van der Waals surface area contributed by atoms with Crippen molar-refractivity contribution in [1.29, 1.82) is 0 Å². The summed E-state index contributed by atoms with van der Waals surface area (Å²) < 4.78 is 4.04. The Morgan fingerprint density at radius 2 is 2.15 bits per heavy atom. The second kappa shape index (κ2) is 7.49. The van der Waals surface area contributed by atoms with Crippen LogP contribution >= 0.6 is 15.9 Å². The lowest BCUT2D eigenvalue weighted by Crippen LogP contribution is -2.08. The van der Waals surface area contributed by atoms with Gasteiger partial charge in [0.1, 0.15) is 5.69 Å². The number of benzene rings is 1. The Balaban J connectivity index is 1.91. The molecule has 0 bridgehead atoms. The van der Waals surface area contributed by atoms with Gasteiger partial charge in [-0.3, -0.25) is 19.6 Å². The second-order valence-electron chi connectivity index (χ2n) is 5.43. The lowest BCUT2D eigenvalue weighted by Gasteiger charge is -2.06. The molecule has 2 heterocycles. The normalized spacial score (nSPS) is 11.2. The van der Waals surface area contributed by atoms with Gasteiger partial charge in [-0.05, 0) is 53.2 Å². The number of rotatable bonds is 6. The molecule has 0 N–H and O–H groups in total. The number of carbonyl (C=O) groups is 1. The first-order valence-electron chi connectivity index (χ1n) is 7.87. The third-order valence-electron chi connectivity index (χ3n) is 3.83. The SMILES string of the molecule is CCn1ncc(Br)c1C(=O)/C=C/c1cccn1-c1cccc([N+](=O)[O-])c1. The second-order valence-corrected chi connectivity index (χ2v) is 6.29. The predicted molar refractivity (Wildman–Crippen MR) is 101 cm³/mol. The van der Waals surface area contributed by atoms with E-state index in [9.17, 15) is 14.9 Å². The molecule has 0 atom stereocenters. The van der Waals surface area contributed by atoms with Crippen molar-refractivity contribution < 1.29 is 9.72 Å². The van der Waals surface area contributed by atoms with Crippen molar-refractivity contribution in [3.63, 3.8) is 0 Å². The van der Waals surface area contributed by atoms with E-state index in [1.807, 2.05) is 19.1 Å². The molecule has 0 radical (unpaired) electrons. The largest absolute Gasteiger partial charge is 0.317 e. The maximum absolute atomic E-state index is 12.5. The van der Waals surface area contributed by atoms with Gasteiger partial charge in [-0.25, -0.2) is 0 Å². The number of carbonyl (C=O) groups excluding carboxylic acids is 1. The van der Waals surface area contributed by atoms with E-state index in [-0.39, 0.29) is 11.5 Å². The molecule has 1 aromatic carbocycles. The number of aromatic nitrogens is 3. The van der Waals surface area contributed by atoms with Gasteiger partial charge in [0.25, 0.3) is 5.69 Å². The number of non-ortho nitro benzene ring substituents is 1. The molecular weight excluding hydrogens is 400 g/mol. The fourth-order valence-electron chi connectivity index (χ4n) is 2.61. The van der Waals surface area contributed by atoms with Crippen LogP contribution in [-0.2, 0) is 6.54 Å². The first-order valence-corrected chi connectivity index (χ1v) is 8.66. The zero-order chi connectivity index (χ0) is 18.7. The van der Waals surface area contributed by atoms with E-state index in [4.69, 9.17) is 0 Å². The summed E-state index contributed by atoms with van der Waals surface area (Å²) >= 11 is 3.34. The standard InChI is InChI=1S/C18H15BrN4O3/c1-2-22-18(16(19)12-20-22)17(24)9-8-13-7-4-10-21(13)14-5-3-6-15(11-14)23(25)26/h3-12H,2H2,1H3/b9-8+. The fraction of sp³-hybridized carbons (Fsp3) is 0.111. The van der Waals surface area contributed by atoms with E-state index in [0.29, 0.717) is 22.4 Å². The summed E-state index contributed by atoms with van der Waals surface area (Å²) in [6, 6.07) is 9.97. The van der Waals surface area contributed by atoms with Crippen LogP contribution in [0.1, 0.15) is 23.1 Å².